The van der Waals surface area contributed by atoms with Gasteiger partial charge in [0, 0.05) is 12.5 Å². The summed E-state index contributed by atoms with van der Waals surface area (Å²) in [4.78, 5) is 0. The van der Waals surface area contributed by atoms with Crippen LogP contribution < -0.4 is 11.3 Å². The highest BCUT2D eigenvalue weighted by molar-refractivity contribution is 4.68. The average molecular weight is 238 g/mol. The summed E-state index contributed by atoms with van der Waals surface area (Å²) in [7, 11) is 0. The third-order valence-corrected chi connectivity index (χ3v) is 2.47. The molecule has 0 aromatic carbocycles. The molecule has 0 saturated heterocycles. The highest BCUT2D eigenvalue weighted by atomic mass is 19.4. The summed E-state index contributed by atoms with van der Waals surface area (Å²) in [5.74, 6) is 5.21. The van der Waals surface area contributed by atoms with Crippen molar-refractivity contribution in [2.24, 2.45) is 5.84 Å². The molecule has 0 spiro atoms. The van der Waals surface area contributed by atoms with Crippen LogP contribution in [0.1, 0.15) is 44.9 Å². The van der Waals surface area contributed by atoms with E-state index in [9.17, 15) is 13.2 Å². The lowest BCUT2D eigenvalue weighted by Gasteiger charge is -2.16. The topological polar surface area (TPSA) is 38.0 Å². The van der Waals surface area contributed by atoms with Gasteiger partial charge in [-0.3, -0.25) is 11.3 Å². The van der Waals surface area contributed by atoms with Gasteiger partial charge in [-0.2, -0.15) is 13.2 Å². The normalized spacial score (nSPS) is 13.8. The molecule has 96 valence electrons. The summed E-state index contributed by atoms with van der Waals surface area (Å²) in [6.45, 7) is 3.61. The van der Waals surface area contributed by atoms with E-state index < -0.39 is 12.6 Å². The van der Waals surface area contributed by atoms with Crippen molar-refractivity contribution >= 4 is 0 Å². The van der Waals surface area contributed by atoms with Crippen LogP contribution in [0.4, 0.5) is 13.2 Å². The quantitative estimate of drug-likeness (QED) is 0.280. The van der Waals surface area contributed by atoms with Crippen molar-refractivity contribution in [2.75, 3.05) is 0 Å². The summed E-state index contributed by atoms with van der Waals surface area (Å²) in [6.07, 6.45) is 1.67. The minimum absolute atomic E-state index is 0.0570. The predicted molar refractivity (Wildman–Crippen MR) is 59.7 cm³/mol. The van der Waals surface area contributed by atoms with Crippen LogP contribution in [0.15, 0.2) is 12.7 Å². The molecule has 5 heteroatoms. The predicted octanol–water partition coefficient (Wildman–Crippen LogP) is 3.30. The molecule has 3 N–H and O–H groups in total. The molecule has 0 aliphatic carbocycles. The Labute approximate surface area is 95.1 Å². The van der Waals surface area contributed by atoms with E-state index in [2.05, 4.69) is 12.0 Å². The number of alkyl halides is 3. The number of hydrazine groups is 1. The molecule has 0 aromatic heterocycles. The maximum atomic E-state index is 12.0. The molecule has 0 radical (unpaired) electrons. The van der Waals surface area contributed by atoms with Gasteiger partial charge < -0.3 is 0 Å². The van der Waals surface area contributed by atoms with Crippen molar-refractivity contribution in [2.45, 2.75) is 57.2 Å². The summed E-state index contributed by atoms with van der Waals surface area (Å²) in [5.41, 5.74) is 2.45. The summed E-state index contributed by atoms with van der Waals surface area (Å²) in [5, 5.41) is 0. The van der Waals surface area contributed by atoms with Crippen molar-refractivity contribution in [3.63, 3.8) is 0 Å². The first-order valence-electron chi connectivity index (χ1n) is 5.63. The van der Waals surface area contributed by atoms with Crippen molar-refractivity contribution in [3.05, 3.63) is 12.7 Å². The first-order chi connectivity index (χ1) is 7.49. The molecule has 16 heavy (non-hydrogen) atoms. The Morgan fingerprint density at radius 1 is 1.19 bits per heavy atom. The first-order valence-corrected chi connectivity index (χ1v) is 5.63. The lowest BCUT2D eigenvalue weighted by Crippen LogP contribution is -2.35. The Bertz CT molecular complexity index is 181. The molecular weight excluding hydrogens is 217 g/mol. The highest BCUT2D eigenvalue weighted by Gasteiger charge is 2.27. The van der Waals surface area contributed by atoms with Gasteiger partial charge in [-0.25, -0.2) is 0 Å². The van der Waals surface area contributed by atoms with Gasteiger partial charge >= 0.3 is 6.18 Å². The average Bonchev–Trinajstić information content (AvgIpc) is 2.21. The number of halogens is 3. The molecule has 0 bridgehead atoms. The van der Waals surface area contributed by atoms with Gasteiger partial charge in [0.1, 0.15) is 0 Å². The van der Waals surface area contributed by atoms with Gasteiger partial charge in [-0.05, 0) is 25.7 Å². The smallest absolute Gasteiger partial charge is 0.271 e. The second kappa shape index (κ2) is 8.58. The number of hydrogen-bond acceptors (Lipinski definition) is 2. The second-order valence-electron chi connectivity index (χ2n) is 3.94. The van der Waals surface area contributed by atoms with Crippen molar-refractivity contribution in [1.82, 2.24) is 5.43 Å². The molecule has 0 heterocycles. The minimum atomic E-state index is -4.09. The SMILES string of the molecule is C=CCCCCCC(CCC(F)(F)F)NN. The maximum Gasteiger partial charge on any atom is 0.389 e. The van der Waals surface area contributed by atoms with Crippen molar-refractivity contribution in [3.8, 4) is 0 Å². The molecule has 0 amide bonds. The van der Waals surface area contributed by atoms with Crippen LogP contribution in [0.25, 0.3) is 0 Å². The molecule has 1 atom stereocenters. The number of unbranched alkanes of at least 4 members (excludes halogenated alkanes) is 3. The van der Waals surface area contributed by atoms with Crippen LogP contribution in [0.5, 0.6) is 0 Å². The lowest BCUT2D eigenvalue weighted by molar-refractivity contribution is -0.136. The largest absolute Gasteiger partial charge is 0.389 e. The molecule has 1 unspecified atom stereocenters. The minimum Gasteiger partial charge on any atom is -0.271 e. The standard InChI is InChI=1S/C11H21F3N2/c1-2-3-4-5-6-7-10(16-15)8-9-11(12,13)14/h2,10,16H,1,3-9,15H2. The Morgan fingerprint density at radius 2 is 1.88 bits per heavy atom. The Hall–Kier alpha value is -0.550. The fourth-order valence-electron chi connectivity index (χ4n) is 1.51. The molecule has 0 rings (SSSR count). The maximum absolute atomic E-state index is 12.0. The number of allylic oxidation sites excluding steroid dienone is 1. The van der Waals surface area contributed by atoms with Crippen LogP contribution in [-0.4, -0.2) is 12.2 Å². The van der Waals surface area contributed by atoms with Crippen LogP contribution >= 0.6 is 0 Å². The van der Waals surface area contributed by atoms with E-state index in [4.69, 9.17) is 5.84 Å². The summed E-state index contributed by atoms with van der Waals surface area (Å²) < 4.78 is 35.9. The Kier molecular flexibility index (Phi) is 8.29. The van der Waals surface area contributed by atoms with E-state index in [0.717, 1.165) is 25.7 Å². The van der Waals surface area contributed by atoms with Crippen LogP contribution in [0, 0.1) is 0 Å². The van der Waals surface area contributed by atoms with Crippen LogP contribution in [-0.2, 0) is 0 Å². The molecular formula is C11H21F3N2. The fourth-order valence-corrected chi connectivity index (χ4v) is 1.51. The van der Waals surface area contributed by atoms with Gasteiger partial charge in [0.15, 0.2) is 0 Å². The molecule has 2 nitrogen and oxygen atoms in total. The molecule has 0 saturated carbocycles. The molecule has 0 aliphatic rings. The third-order valence-electron chi connectivity index (χ3n) is 2.47. The highest BCUT2D eigenvalue weighted by Crippen LogP contribution is 2.23. The number of nitrogens with one attached hydrogen (secondary N) is 1. The van der Waals surface area contributed by atoms with E-state index in [1.54, 1.807) is 0 Å². The zero-order valence-corrected chi connectivity index (χ0v) is 9.52. The lowest BCUT2D eigenvalue weighted by atomic mass is 10.0. The monoisotopic (exact) mass is 238 g/mol. The third kappa shape index (κ3) is 9.98. The molecule has 0 fully saturated rings. The van der Waals surface area contributed by atoms with Crippen molar-refractivity contribution in [1.29, 1.82) is 0 Å². The number of rotatable bonds is 9. The molecule has 0 aromatic rings. The van der Waals surface area contributed by atoms with Gasteiger partial charge in [-0.15, -0.1) is 6.58 Å². The van der Waals surface area contributed by atoms with E-state index in [1.165, 1.54) is 0 Å². The van der Waals surface area contributed by atoms with Crippen LogP contribution in [0.2, 0.25) is 0 Å². The molecule has 0 aliphatic heterocycles. The van der Waals surface area contributed by atoms with Gasteiger partial charge in [0.05, 0.1) is 0 Å². The van der Waals surface area contributed by atoms with E-state index >= 15 is 0 Å². The van der Waals surface area contributed by atoms with Gasteiger partial charge in [-0.1, -0.05) is 18.9 Å². The Morgan fingerprint density at radius 3 is 2.38 bits per heavy atom. The zero-order chi connectivity index (χ0) is 12.4. The number of hydrogen-bond donors (Lipinski definition) is 2. The Balaban J connectivity index is 3.55. The van der Waals surface area contributed by atoms with E-state index in [0.29, 0.717) is 6.42 Å². The summed E-state index contributed by atoms with van der Waals surface area (Å²) in [6, 6.07) is -0.231. The summed E-state index contributed by atoms with van der Waals surface area (Å²) >= 11 is 0. The van der Waals surface area contributed by atoms with Crippen LogP contribution in [0.3, 0.4) is 0 Å². The second-order valence-corrected chi connectivity index (χ2v) is 3.94. The fraction of sp³-hybridized carbons (Fsp3) is 0.818. The van der Waals surface area contributed by atoms with E-state index in [-0.39, 0.29) is 12.5 Å². The number of nitrogens with two attached hydrogens (primary N) is 1. The first kappa shape index (κ1) is 15.4. The zero-order valence-electron chi connectivity index (χ0n) is 9.52. The van der Waals surface area contributed by atoms with Crippen molar-refractivity contribution < 1.29 is 13.2 Å². The van der Waals surface area contributed by atoms with E-state index in [1.807, 2.05) is 6.08 Å². The van der Waals surface area contributed by atoms with Gasteiger partial charge in [0.25, 0.3) is 0 Å². The van der Waals surface area contributed by atoms with Gasteiger partial charge in [0.2, 0.25) is 0 Å².